The molecule has 3 heteroatoms. The molecule has 0 spiro atoms. The Morgan fingerprint density at radius 2 is 2.00 bits per heavy atom. The van der Waals surface area contributed by atoms with Crippen molar-refractivity contribution in [2.24, 2.45) is 0 Å². The second-order valence-electron chi connectivity index (χ2n) is 4.82. The van der Waals surface area contributed by atoms with Crippen LogP contribution in [0.15, 0.2) is 24.3 Å². The third-order valence-corrected chi connectivity index (χ3v) is 2.95. The highest BCUT2D eigenvalue weighted by Crippen LogP contribution is 2.14. The first-order valence-corrected chi connectivity index (χ1v) is 6.13. The Bertz CT molecular complexity index is 339. The van der Waals surface area contributed by atoms with Crippen molar-refractivity contribution < 1.29 is 4.74 Å². The van der Waals surface area contributed by atoms with Gasteiger partial charge in [0, 0.05) is 31.4 Å². The third-order valence-electron chi connectivity index (χ3n) is 2.95. The molecular weight excluding hydrogens is 212 g/mol. The number of nitrogen functional groups attached to an aromatic ring is 1. The number of benzene rings is 1. The quantitative estimate of drug-likeness (QED) is 0.771. The van der Waals surface area contributed by atoms with Crippen LogP contribution in [0.25, 0.3) is 0 Å². The Labute approximate surface area is 105 Å². The van der Waals surface area contributed by atoms with E-state index in [1.54, 1.807) is 7.11 Å². The molecule has 0 aliphatic carbocycles. The number of anilines is 1. The minimum Gasteiger partial charge on any atom is -0.399 e. The van der Waals surface area contributed by atoms with Gasteiger partial charge in [0.05, 0.1) is 6.61 Å². The molecule has 96 valence electrons. The van der Waals surface area contributed by atoms with Crippen molar-refractivity contribution in [3.8, 4) is 0 Å². The number of rotatable bonds is 6. The molecule has 0 aromatic heterocycles. The van der Waals surface area contributed by atoms with Crippen molar-refractivity contribution in [2.75, 3.05) is 19.5 Å². The zero-order valence-electron chi connectivity index (χ0n) is 11.3. The summed E-state index contributed by atoms with van der Waals surface area (Å²) in [6.07, 6.45) is 0. The van der Waals surface area contributed by atoms with Crippen LogP contribution in [-0.4, -0.2) is 30.7 Å². The third kappa shape index (κ3) is 4.36. The highest BCUT2D eigenvalue weighted by Gasteiger charge is 2.17. The lowest BCUT2D eigenvalue weighted by molar-refractivity contribution is 0.0739. The Hall–Kier alpha value is -1.06. The molecule has 3 nitrogen and oxygen atoms in total. The average molecular weight is 236 g/mol. The SMILES string of the molecule is COCC(C)N(Cc1cccc(N)c1)C(C)C. The molecule has 0 bridgehead atoms. The summed E-state index contributed by atoms with van der Waals surface area (Å²) in [5.41, 5.74) is 7.88. The molecule has 0 heterocycles. The second kappa shape index (κ2) is 6.62. The van der Waals surface area contributed by atoms with Gasteiger partial charge in [0.2, 0.25) is 0 Å². The maximum atomic E-state index is 5.80. The molecule has 17 heavy (non-hydrogen) atoms. The molecule has 0 aliphatic rings. The van der Waals surface area contributed by atoms with E-state index in [1.165, 1.54) is 5.56 Å². The molecule has 0 amide bonds. The largest absolute Gasteiger partial charge is 0.399 e. The monoisotopic (exact) mass is 236 g/mol. The fourth-order valence-electron chi connectivity index (χ4n) is 2.09. The van der Waals surface area contributed by atoms with E-state index in [2.05, 4.69) is 31.7 Å². The standard InChI is InChI=1S/C14H24N2O/c1-11(2)16(12(3)10-17-4)9-13-6-5-7-14(15)8-13/h5-8,11-12H,9-10,15H2,1-4H3. The minimum absolute atomic E-state index is 0.404. The molecule has 0 radical (unpaired) electrons. The van der Waals surface area contributed by atoms with E-state index in [9.17, 15) is 0 Å². The summed E-state index contributed by atoms with van der Waals surface area (Å²) in [6, 6.07) is 8.97. The van der Waals surface area contributed by atoms with Crippen LogP contribution in [-0.2, 0) is 11.3 Å². The zero-order valence-corrected chi connectivity index (χ0v) is 11.3. The highest BCUT2D eigenvalue weighted by molar-refractivity contribution is 5.40. The van der Waals surface area contributed by atoms with Gasteiger partial charge in [-0.25, -0.2) is 0 Å². The lowest BCUT2D eigenvalue weighted by atomic mass is 10.1. The van der Waals surface area contributed by atoms with Gasteiger partial charge in [-0.1, -0.05) is 12.1 Å². The Morgan fingerprint density at radius 1 is 1.29 bits per heavy atom. The maximum absolute atomic E-state index is 5.80. The molecule has 1 unspecified atom stereocenters. The van der Waals surface area contributed by atoms with Crippen molar-refractivity contribution in [1.29, 1.82) is 0 Å². The molecule has 1 aromatic carbocycles. The number of nitrogens with two attached hydrogens (primary N) is 1. The van der Waals surface area contributed by atoms with Crippen molar-refractivity contribution in [3.05, 3.63) is 29.8 Å². The van der Waals surface area contributed by atoms with E-state index in [0.717, 1.165) is 18.8 Å². The lowest BCUT2D eigenvalue weighted by Gasteiger charge is -2.32. The summed E-state index contributed by atoms with van der Waals surface area (Å²) < 4.78 is 5.23. The predicted octanol–water partition coefficient (Wildman–Crippen LogP) is 2.51. The summed E-state index contributed by atoms with van der Waals surface area (Å²) in [6.45, 7) is 8.26. The van der Waals surface area contributed by atoms with Crippen molar-refractivity contribution in [1.82, 2.24) is 4.90 Å². The molecule has 0 fully saturated rings. The van der Waals surface area contributed by atoms with Crippen LogP contribution in [0, 0.1) is 0 Å². The fraction of sp³-hybridized carbons (Fsp3) is 0.571. The summed E-state index contributed by atoms with van der Waals surface area (Å²) in [5, 5.41) is 0. The van der Waals surface area contributed by atoms with Crippen LogP contribution in [0.5, 0.6) is 0 Å². The van der Waals surface area contributed by atoms with E-state index >= 15 is 0 Å². The predicted molar refractivity (Wildman–Crippen MR) is 72.9 cm³/mol. The maximum Gasteiger partial charge on any atom is 0.0615 e. The molecule has 0 aliphatic heterocycles. The first-order chi connectivity index (χ1) is 8.04. The Kier molecular flexibility index (Phi) is 5.45. The van der Waals surface area contributed by atoms with Gasteiger partial charge >= 0.3 is 0 Å². The van der Waals surface area contributed by atoms with Crippen LogP contribution in [0.3, 0.4) is 0 Å². The van der Waals surface area contributed by atoms with Gasteiger partial charge < -0.3 is 10.5 Å². The zero-order chi connectivity index (χ0) is 12.8. The van der Waals surface area contributed by atoms with Gasteiger partial charge in [-0.2, -0.15) is 0 Å². The molecule has 1 atom stereocenters. The molecular formula is C14H24N2O. The highest BCUT2D eigenvalue weighted by atomic mass is 16.5. The van der Waals surface area contributed by atoms with Gasteiger partial charge in [0.15, 0.2) is 0 Å². The first-order valence-electron chi connectivity index (χ1n) is 6.13. The van der Waals surface area contributed by atoms with Crippen LogP contribution in [0.4, 0.5) is 5.69 Å². The summed E-state index contributed by atoms with van der Waals surface area (Å²) in [5.74, 6) is 0. The van der Waals surface area contributed by atoms with Crippen LogP contribution in [0.1, 0.15) is 26.3 Å². The number of nitrogens with zero attached hydrogens (tertiary/aromatic N) is 1. The molecule has 0 saturated carbocycles. The lowest BCUT2D eigenvalue weighted by Crippen LogP contribution is -2.40. The Morgan fingerprint density at radius 3 is 2.53 bits per heavy atom. The van der Waals surface area contributed by atoms with E-state index in [0.29, 0.717) is 12.1 Å². The van der Waals surface area contributed by atoms with Crippen LogP contribution < -0.4 is 5.73 Å². The number of ether oxygens (including phenoxy) is 1. The van der Waals surface area contributed by atoms with Gasteiger partial charge in [-0.05, 0) is 38.5 Å². The van der Waals surface area contributed by atoms with Gasteiger partial charge in [-0.15, -0.1) is 0 Å². The van der Waals surface area contributed by atoms with Crippen LogP contribution >= 0.6 is 0 Å². The first kappa shape index (κ1) is 14.0. The van der Waals surface area contributed by atoms with Gasteiger partial charge in [0.25, 0.3) is 0 Å². The minimum atomic E-state index is 0.404. The van der Waals surface area contributed by atoms with Gasteiger partial charge in [0.1, 0.15) is 0 Å². The molecule has 2 N–H and O–H groups in total. The number of hydrogen-bond donors (Lipinski definition) is 1. The molecule has 1 rings (SSSR count). The van der Waals surface area contributed by atoms with Crippen molar-refractivity contribution in [2.45, 2.75) is 39.4 Å². The van der Waals surface area contributed by atoms with Gasteiger partial charge in [-0.3, -0.25) is 4.90 Å². The number of methoxy groups -OCH3 is 1. The normalized spacial score (nSPS) is 13.3. The van der Waals surface area contributed by atoms with Crippen LogP contribution in [0.2, 0.25) is 0 Å². The van der Waals surface area contributed by atoms with Crippen molar-refractivity contribution >= 4 is 5.69 Å². The topological polar surface area (TPSA) is 38.5 Å². The van der Waals surface area contributed by atoms with Crippen molar-refractivity contribution in [3.63, 3.8) is 0 Å². The number of hydrogen-bond acceptors (Lipinski definition) is 3. The summed E-state index contributed by atoms with van der Waals surface area (Å²) in [4.78, 5) is 2.41. The van der Waals surface area contributed by atoms with E-state index in [4.69, 9.17) is 10.5 Å². The molecule has 0 saturated heterocycles. The fourth-order valence-corrected chi connectivity index (χ4v) is 2.09. The summed E-state index contributed by atoms with van der Waals surface area (Å²) >= 11 is 0. The van der Waals surface area contributed by atoms with E-state index in [1.807, 2.05) is 18.2 Å². The molecule has 1 aromatic rings. The second-order valence-corrected chi connectivity index (χ2v) is 4.82. The van der Waals surface area contributed by atoms with E-state index < -0.39 is 0 Å². The smallest absolute Gasteiger partial charge is 0.0615 e. The van der Waals surface area contributed by atoms with E-state index in [-0.39, 0.29) is 0 Å². The average Bonchev–Trinajstić information content (AvgIpc) is 2.26. The summed E-state index contributed by atoms with van der Waals surface area (Å²) in [7, 11) is 1.75. The Balaban J connectivity index is 2.73.